The molecule has 1 aromatic carbocycles. The van der Waals surface area contributed by atoms with Gasteiger partial charge in [0.25, 0.3) is 0 Å². The minimum absolute atomic E-state index is 0.0916. The van der Waals surface area contributed by atoms with Crippen molar-refractivity contribution in [1.29, 1.82) is 0 Å². The Bertz CT molecular complexity index is 657. The van der Waals surface area contributed by atoms with Crippen LogP contribution in [0.5, 0.6) is 0 Å². The monoisotopic (exact) mass is 299 g/mol. The number of hydrogen-bond acceptors (Lipinski definition) is 3. The predicted molar refractivity (Wildman–Crippen MR) is 76.3 cm³/mol. The summed E-state index contributed by atoms with van der Waals surface area (Å²) in [5.74, 6) is -1.35. The van der Waals surface area contributed by atoms with Gasteiger partial charge in [0, 0.05) is 31.7 Å². The van der Waals surface area contributed by atoms with E-state index < -0.39 is 11.6 Å². The highest BCUT2D eigenvalue weighted by molar-refractivity contribution is 7.80. The van der Waals surface area contributed by atoms with Crippen molar-refractivity contribution >= 4 is 28.2 Å². The lowest BCUT2D eigenvalue weighted by molar-refractivity contribution is 0.174. The fraction of sp³-hybridized carbons (Fsp3) is 0.385. The second-order valence-corrected chi connectivity index (χ2v) is 5.10. The molecular formula is C13H15F2N3OS. The Hall–Kier alpha value is -1.60. The highest BCUT2D eigenvalue weighted by Crippen LogP contribution is 2.22. The van der Waals surface area contributed by atoms with Crippen LogP contribution in [0.25, 0.3) is 11.0 Å². The number of nitrogens with zero attached hydrogens (tertiary/aromatic N) is 2. The Morgan fingerprint density at radius 2 is 2.10 bits per heavy atom. The van der Waals surface area contributed by atoms with Crippen molar-refractivity contribution in [2.75, 3.05) is 7.11 Å². The molecule has 7 heteroatoms. The molecule has 0 amide bonds. The highest BCUT2D eigenvalue weighted by atomic mass is 32.1. The van der Waals surface area contributed by atoms with Crippen LogP contribution in [-0.2, 0) is 17.9 Å². The number of benzene rings is 1. The minimum Gasteiger partial charge on any atom is -0.393 e. The number of aromatic nitrogens is 2. The standard InChI is InChI=1S/C13H15F2N3OS/c1-7(13(16)20)5-18-11-4-9(15)8(14)3-10(11)17-12(18)6-19-2/h3-4,7H,5-6H2,1-2H3,(H2,16,20). The van der Waals surface area contributed by atoms with Crippen molar-refractivity contribution in [3.63, 3.8) is 0 Å². The molecule has 0 saturated carbocycles. The third kappa shape index (κ3) is 2.78. The average Bonchev–Trinajstić information content (AvgIpc) is 2.68. The van der Waals surface area contributed by atoms with Gasteiger partial charge in [-0.1, -0.05) is 19.1 Å². The van der Waals surface area contributed by atoms with Gasteiger partial charge in [0.05, 0.1) is 16.0 Å². The first-order valence-corrected chi connectivity index (χ1v) is 6.47. The molecule has 20 heavy (non-hydrogen) atoms. The summed E-state index contributed by atoms with van der Waals surface area (Å²) < 4.78 is 33.5. The van der Waals surface area contributed by atoms with Crippen LogP contribution < -0.4 is 5.73 Å². The molecule has 4 nitrogen and oxygen atoms in total. The summed E-state index contributed by atoms with van der Waals surface area (Å²) >= 11 is 4.95. The molecule has 1 aromatic heterocycles. The van der Waals surface area contributed by atoms with E-state index in [0.29, 0.717) is 28.4 Å². The molecule has 1 atom stereocenters. The first-order chi connectivity index (χ1) is 9.43. The summed E-state index contributed by atoms with van der Waals surface area (Å²) in [5.41, 5.74) is 6.49. The summed E-state index contributed by atoms with van der Waals surface area (Å²) in [4.78, 5) is 4.62. The summed E-state index contributed by atoms with van der Waals surface area (Å²) in [7, 11) is 1.53. The number of fused-ring (bicyclic) bond motifs is 1. The summed E-state index contributed by atoms with van der Waals surface area (Å²) in [6, 6.07) is 2.20. The third-order valence-electron chi connectivity index (χ3n) is 3.08. The molecular weight excluding hydrogens is 284 g/mol. The van der Waals surface area contributed by atoms with Crippen LogP contribution in [0.15, 0.2) is 12.1 Å². The Morgan fingerprint density at radius 3 is 2.70 bits per heavy atom. The number of hydrogen-bond donors (Lipinski definition) is 1. The van der Waals surface area contributed by atoms with Gasteiger partial charge in [0.2, 0.25) is 0 Å². The molecule has 1 heterocycles. The lowest BCUT2D eigenvalue weighted by Crippen LogP contribution is -2.23. The van der Waals surface area contributed by atoms with Gasteiger partial charge in [0.1, 0.15) is 12.4 Å². The second kappa shape index (κ2) is 5.80. The Kier molecular flexibility index (Phi) is 4.29. The fourth-order valence-electron chi connectivity index (χ4n) is 1.98. The zero-order valence-electron chi connectivity index (χ0n) is 11.2. The van der Waals surface area contributed by atoms with E-state index in [1.54, 1.807) is 4.57 Å². The van der Waals surface area contributed by atoms with Gasteiger partial charge in [-0.25, -0.2) is 13.8 Å². The molecule has 0 bridgehead atoms. The van der Waals surface area contributed by atoms with E-state index in [4.69, 9.17) is 22.7 Å². The number of ether oxygens (including phenoxy) is 1. The maximum absolute atomic E-state index is 13.4. The zero-order chi connectivity index (χ0) is 14.9. The van der Waals surface area contributed by atoms with E-state index in [1.807, 2.05) is 6.92 Å². The summed E-state index contributed by atoms with van der Waals surface area (Å²) in [5, 5.41) is 0. The van der Waals surface area contributed by atoms with Crippen LogP contribution in [0.2, 0.25) is 0 Å². The SMILES string of the molecule is COCc1nc2cc(F)c(F)cc2n1CC(C)C(N)=S. The first-order valence-electron chi connectivity index (χ1n) is 6.06. The molecule has 2 rings (SSSR count). The van der Waals surface area contributed by atoms with Crippen molar-refractivity contribution < 1.29 is 13.5 Å². The second-order valence-electron chi connectivity index (χ2n) is 4.63. The van der Waals surface area contributed by atoms with E-state index in [1.165, 1.54) is 7.11 Å². The largest absolute Gasteiger partial charge is 0.393 e. The quantitative estimate of drug-likeness (QED) is 0.861. The predicted octanol–water partition coefficient (Wildman–Crippen LogP) is 2.38. The zero-order valence-corrected chi connectivity index (χ0v) is 12.0. The smallest absolute Gasteiger partial charge is 0.161 e. The van der Waals surface area contributed by atoms with E-state index in [0.717, 1.165) is 12.1 Å². The number of rotatable bonds is 5. The molecule has 108 valence electrons. The van der Waals surface area contributed by atoms with Crippen molar-refractivity contribution in [3.8, 4) is 0 Å². The molecule has 0 fully saturated rings. The lowest BCUT2D eigenvalue weighted by Gasteiger charge is -2.14. The number of nitrogens with two attached hydrogens (primary N) is 1. The van der Waals surface area contributed by atoms with Gasteiger partial charge in [-0.2, -0.15) is 0 Å². The van der Waals surface area contributed by atoms with E-state index in [9.17, 15) is 8.78 Å². The van der Waals surface area contributed by atoms with E-state index >= 15 is 0 Å². The molecule has 0 spiro atoms. The minimum atomic E-state index is -0.923. The molecule has 0 aliphatic rings. The fourth-order valence-corrected chi connectivity index (χ4v) is 2.05. The van der Waals surface area contributed by atoms with Gasteiger partial charge in [-0.05, 0) is 0 Å². The number of methoxy groups -OCH3 is 1. The Morgan fingerprint density at radius 1 is 1.45 bits per heavy atom. The van der Waals surface area contributed by atoms with Crippen molar-refractivity contribution in [1.82, 2.24) is 9.55 Å². The normalized spacial score (nSPS) is 12.8. The molecule has 0 saturated heterocycles. The van der Waals surface area contributed by atoms with Crippen LogP contribution in [0.4, 0.5) is 8.78 Å². The molecule has 1 unspecified atom stereocenters. The first kappa shape index (κ1) is 14.8. The van der Waals surface area contributed by atoms with Crippen molar-refractivity contribution in [2.45, 2.75) is 20.1 Å². The van der Waals surface area contributed by atoms with Gasteiger partial charge in [0.15, 0.2) is 11.6 Å². The summed E-state index contributed by atoms with van der Waals surface area (Å²) in [6.07, 6.45) is 0. The number of thiocarbonyl (C=S) groups is 1. The molecule has 0 radical (unpaired) electrons. The highest BCUT2D eigenvalue weighted by Gasteiger charge is 2.17. The molecule has 0 aliphatic carbocycles. The summed E-state index contributed by atoms with van der Waals surface area (Å²) in [6.45, 7) is 2.54. The van der Waals surface area contributed by atoms with Gasteiger partial charge >= 0.3 is 0 Å². The van der Waals surface area contributed by atoms with E-state index in [-0.39, 0.29) is 12.5 Å². The Balaban J connectivity index is 2.55. The average molecular weight is 299 g/mol. The Labute approximate surface area is 120 Å². The lowest BCUT2D eigenvalue weighted by atomic mass is 10.2. The maximum Gasteiger partial charge on any atom is 0.161 e. The maximum atomic E-state index is 13.4. The third-order valence-corrected chi connectivity index (χ3v) is 3.49. The molecule has 2 aromatic rings. The van der Waals surface area contributed by atoms with Crippen molar-refractivity contribution in [2.24, 2.45) is 11.7 Å². The van der Waals surface area contributed by atoms with Gasteiger partial charge in [-0.15, -0.1) is 0 Å². The van der Waals surface area contributed by atoms with Gasteiger partial charge in [-0.3, -0.25) is 0 Å². The molecule has 2 N–H and O–H groups in total. The van der Waals surface area contributed by atoms with Crippen molar-refractivity contribution in [3.05, 3.63) is 29.6 Å². The topological polar surface area (TPSA) is 53.1 Å². The van der Waals surface area contributed by atoms with Crippen LogP contribution in [0.3, 0.4) is 0 Å². The van der Waals surface area contributed by atoms with Crippen LogP contribution in [-0.4, -0.2) is 21.6 Å². The van der Waals surface area contributed by atoms with Gasteiger partial charge < -0.3 is 15.0 Å². The van der Waals surface area contributed by atoms with Crippen LogP contribution >= 0.6 is 12.2 Å². The number of imidazole rings is 1. The molecule has 0 aliphatic heterocycles. The van der Waals surface area contributed by atoms with Crippen LogP contribution in [0.1, 0.15) is 12.7 Å². The number of halogens is 2. The van der Waals surface area contributed by atoms with E-state index in [2.05, 4.69) is 4.98 Å². The van der Waals surface area contributed by atoms with Crippen LogP contribution in [0, 0.1) is 17.6 Å².